The molecule has 0 amide bonds. The molecule has 0 fully saturated rings. The minimum atomic E-state index is -5.03. The van der Waals surface area contributed by atoms with Gasteiger partial charge in [0.25, 0.3) is 0 Å². The van der Waals surface area contributed by atoms with Gasteiger partial charge in [-0.1, -0.05) is 0 Å². The lowest BCUT2D eigenvalue weighted by molar-refractivity contribution is -0.275. The third-order valence-corrected chi connectivity index (χ3v) is 1.99. The van der Waals surface area contributed by atoms with Gasteiger partial charge in [0.15, 0.2) is 5.75 Å². The number of pyridine rings is 1. The van der Waals surface area contributed by atoms with Crippen molar-refractivity contribution in [2.45, 2.75) is 19.5 Å². The van der Waals surface area contributed by atoms with Crippen molar-refractivity contribution >= 4 is 5.97 Å². The van der Waals surface area contributed by atoms with E-state index in [1.165, 1.54) is 0 Å². The molecule has 0 saturated heterocycles. The lowest BCUT2D eigenvalue weighted by Crippen LogP contribution is -2.19. The highest BCUT2D eigenvalue weighted by molar-refractivity contribution is 5.71. The molecule has 1 heterocycles. The number of alkyl halides is 4. The molecule has 0 aromatic carbocycles. The van der Waals surface area contributed by atoms with E-state index >= 15 is 0 Å². The molecule has 0 spiro atoms. The average molecular weight is 283 g/mol. The highest BCUT2D eigenvalue weighted by atomic mass is 19.4. The first-order chi connectivity index (χ1) is 8.76. The minimum Gasteiger partial charge on any atom is -0.481 e. The molecule has 0 atom stereocenters. The van der Waals surface area contributed by atoms with Crippen LogP contribution in [0.1, 0.15) is 11.3 Å². The Labute approximate surface area is 104 Å². The number of nitrogens with zero attached hydrogens (tertiary/aromatic N) is 1. The summed E-state index contributed by atoms with van der Waals surface area (Å²) in [4.78, 5) is 14.0. The number of carboxylic acid groups (broad SMARTS) is 1. The zero-order chi connectivity index (χ0) is 14.6. The number of methoxy groups -OCH3 is 1. The van der Waals surface area contributed by atoms with E-state index in [0.717, 1.165) is 13.2 Å². The summed E-state index contributed by atoms with van der Waals surface area (Å²) >= 11 is 0. The molecular formula is C10H9F4NO4. The smallest absolute Gasteiger partial charge is 0.481 e. The summed E-state index contributed by atoms with van der Waals surface area (Å²) in [5, 5.41) is 8.62. The van der Waals surface area contributed by atoms with Crippen molar-refractivity contribution in [3.8, 4) is 11.6 Å². The highest BCUT2D eigenvalue weighted by Gasteiger charge is 2.33. The number of ether oxygens (including phenoxy) is 2. The van der Waals surface area contributed by atoms with Crippen LogP contribution in [0.5, 0.6) is 11.6 Å². The average Bonchev–Trinajstić information content (AvgIpc) is 2.26. The van der Waals surface area contributed by atoms with Gasteiger partial charge in [-0.25, -0.2) is 9.37 Å². The van der Waals surface area contributed by atoms with E-state index in [1.807, 2.05) is 0 Å². The second kappa shape index (κ2) is 5.72. The lowest BCUT2D eigenvalue weighted by Gasteiger charge is -2.14. The zero-order valence-electron chi connectivity index (χ0n) is 9.62. The predicted octanol–water partition coefficient (Wildman–Crippen LogP) is 2.09. The van der Waals surface area contributed by atoms with Crippen LogP contribution in [0.15, 0.2) is 6.07 Å². The van der Waals surface area contributed by atoms with Gasteiger partial charge < -0.3 is 14.6 Å². The van der Waals surface area contributed by atoms with Crippen LogP contribution in [0.2, 0.25) is 0 Å². The summed E-state index contributed by atoms with van der Waals surface area (Å²) in [6, 6.07) is 0.752. The van der Waals surface area contributed by atoms with Crippen LogP contribution in [0.3, 0.4) is 0 Å². The minimum absolute atomic E-state index is 0.147. The predicted molar refractivity (Wildman–Crippen MR) is 53.6 cm³/mol. The van der Waals surface area contributed by atoms with Crippen LogP contribution in [0.25, 0.3) is 0 Å². The number of aromatic nitrogens is 1. The second-order valence-corrected chi connectivity index (χ2v) is 3.35. The van der Waals surface area contributed by atoms with Crippen molar-refractivity contribution < 1.29 is 36.9 Å². The summed E-state index contributed by atoms with van der Waals surface area (Å²) in [7, 11) is 1.14. The molecular weight excluding hydrogens is 274 g/mol. The molecule has 1 rings (SSSR count). The maximum atomic E-state index is 12.6. The maximum Gasteiger partial charge on any atom is 0.573 e. The molecule has 1 aromatic heterocycles. The number of aliphatic carboxylic acids is 1. The van der Waals surface area contributed by atoms with Gasteiger partial charge in [-0.3, -0.25) is 4.79 Å². The third kappa shape index (κ3) is 4.27. The lowest BCUT2D eigenvalue weighted by atomic mass is 10.1. The van der Waals surface area contributed by atoms with Crippen molar-refractivity contribution in [3.05, 3.63) is 17.3 Å². The van der Waals surface area contributed by atoms with E-state index in [9.17, 15) is 22.4 Å². The zero-order valence-corrected chi connectivity index (χ0v) is 9.62. The first-order valence-corrected chi connectivity index (χ1v) is 4.87. The summed E-state index contributed by atoms with van der Waals surface area (Å²) in [6.07, 6.45) is -5.66. The number of hydrogen-bond donors (Lipinski definition) is 1. The standard InChI is InChI=1S/C10H9F4NO4/c1-18-9-5(3-8(16)17)2-7(6(4-11)15-9)19-10(12,13)14/h2H,3-4H2,1H3,(H,16,17). The van der Waals surface area contributed by atoms with Crippen molar-refractivity contribution in [2.75, 3.05) is 7.11 Å². The Hall–Kier alpha value is -2.06. The van der Waals surface area contributed by atoms with Gasteiger partial charge in [-0.15, -0.1) is 13.2 Å². The Balaban J connectivity index is 3.24. The molecule has 0 aliphatic heterocycles. The number of carboxylic acids is 1. The Morgan fingerprint density at radius 1 is 1.47 bits per heavy atom. The first kappa shape index (κ1) is 15.0. The van der Waals surface area contributed by atoms with Crippen LogP contribution < -0.4 is 9.47 Å². The van der Waals surface area contributed by atoms with Crippen LogP contribution in [-0.4, -0.2) is 29.5 Å². The van der Waals surface area contributed by atoms with Gasteiger partial charge in [0.05, 0.1) is 13.5 Å². The van der Waals surface area contributed by atoms with E-state index < -0.39 is 36.9 Å². The summed E-state index contributed by atoms with van der Waals surface area (Å²) in [5.74, 6) is -2.44. The topological polar surface area (TPSA) is 68.7 Å². The maximum absolute atomic E-state index is 12.6. The normalized spacial score (nSPS) is 11.2. The number of hydrogen-bond acceptors (Lipinski definition) is 4. The van der Waals surface area contributed by atoms with Gasteiger partial charge in [-0.2, -0.15) is 0 Å². The van der Waals surface area contributed by atoms with Crippen molar-refractivity contribution in [1.82, 2.24) is 4.98 Å². The largest absolute Gasteiger partial charge is 0.573 e. The molecule has 0 bridgehead atoms. The molecule has 1 N–H and O–H groups in total. The fraction of sp³-hybridized carbons (Fsp3) is 0.400. The molecule has 0 aliphatic rings. The molecule has 19 heavy (non-hydrogen) atoms. The molecule has 0 radical (unpaired) electrons. The van der Waals surface area contributed by atoms with Crippen molar-refractivity contribution in [3.63, 3.8) is 0 Å². The van der Waals surface area contributed by atoms with E-state index in [-0.39, 0.29) is 11.4 Å². The molecule has 0 unspecified atom stereocenters. The highest BCUT2D eigenvalue weighted by Crippen LogP contribution is 2.30. The van der Waals surface area contributed by atoms with E-state index in [4.69, 9.17) is 9.84 Å². The van der Waals surface area contributed by atoms with Crippen molar-refractivity contribution in [1.29, 1.82) is 0 Å². The van der Waals surface area contributed by atoms with Crippen molar-refractivity contribution in [2.24, 2.45) is 0 Å². The Bertz CT molecular complexity index is 475. The van der Waals surface area contributed by atoms with Crippen LogP contribution in [0.4, 0.5) is 17.6 Å². The molecule has 0 aliphatic carbocycles. The Morgan fingerprint density at radius 2 is 2.11 bits per heavy atom. The number of halogens is 4. The van der Waals surface area contributed by atoms with Gasteiger partial charge in [-0.05, 0) is 6.07 Å². The Morgan fingerprint density at radius 3 is 2.53 bits per heavy atom. The monoisotopic (exact) mass is 283 g/mol. The summed E-state index contributed by atoms with van der Waals surface area (Å²) < 4.78 is 57.2. The molecule has 9 heteroatoms. The molecule has 5 nitrogen and oxygen atoms in total. The second-order valence-electron chi connectivity index (χ2n) is 3.35. The van der Waals surface area contributed by atoms with Crippen LogP contribution >= 0.6 is 0 Å². The molecule has 106 valence electrons. The Kier molecular flexibility index (Phi) is 4.52. The number of rotatable bonds is 5. The fourth-order valence-corrected chi connectivity index (χ4v) is 1.33. The van der Waals surface area contributed by atoms with Gasteiger partial charge in [0.1, 0.15) is 12.4 Å². The SMILES string of the molecule is COc1nc(CF)c(OC(F)(F)F)cc1CC(=O)O. The third-order valence-electron chi connectivity index (χ3n) is 1.99. The molecule has 0 saturated carbocycles. The van der Waals surface area contributed by atoms with E-state index in [0.29, 0.717) is 0 Å². The summed E-state index contributed by atoms with van der Waals surface area (Å²) in [6.45, 7) is -1.31. The first-order valence-electron chi connectivity index (χ1n) is 4.87. The van der Waals surface area contributed by atoms with Crippen LogP contribution in [-0.2, 0) is 17.9 Å². The van der Waals surface area contributed by atoms with Gasteiger partial charge >= 0.3 is 12.3 Å². The number of carbonyl (C=O) groups is 1. The summed E-state index contributed by atoms with van der Waals surface area (Å²) in [5.41, 5.74) is -0.769. The fourth-order valence-electron chi connectivity index (χ4n) is 1.33. The van der Waals surface area contributed by atoms with E-state index in [2.05, 4.69) is 9.72 Å². The molecule has 1 aromatic rings. The van der Waals surface area contributed by atoms with Crippen LogP contribution in [0, 0.1) is 0 Å². The van der Waals surface area contributed by atoms with Gasteiger partial charge in [0, 0.05) is 5.56 Å². The van der Waals surface area contributed by atoms with Gasteiger partial charge in [0.2, 0.25) is 5.88 Å². The quantitative estimate of drug-likeness (QED) is 0.838. The van der Waals surface area contributed by atoms with E-state index in [1.54, 1.807) is 0 Å².